The number of fused-ring (bicyclic) bond motifs is 5. The first-order valence-corrected chi connectivity index (χ1v) is 12.9. The minimum atomic E-state index is -0.306. The summed E-state index contributed by atoms with van der Waals surface area (Å²) in [6.07, 6.45) is 4.54. The van der Waals surface area contributed by atoms with Crippen molar-refractivity contribution in [1.82, 2.24) is 4.90 Å². The standard InChI is InChI=1S/C31H29NO4/c33-31(36-19-29-26-10-4-2-8-24(26)25-9-3-5-11-27(25)29)32-21-13-14-22(32)18-20(17-21)23-7-1-6-12-28(23)30-34-15-16-35-30/h1-12,17,21-22,29-30H,13-16,18-19H2. The topological polar surface area (TPSA) is 48.0 Å². The molecular formula is C31H29NO4. The molecule has 3 heterocycles. The highest BCUT2D eigenvalue weighted by Crippen LogP contribution is 2.45. The number of ether oxygens (including phenoxy) is 3. The highest BCUT2D eigenvalue weighted by molar-refractivity contribution is 5.79. The largest absolute Gasteiger partial charge is 0.448 e. The van der Waals surface area contributed by atoms with E-state index in [4.69, 9.17) is 14.2 Å². The molecule has 3 aromatic carbocycles. The van der Waals surface area contributed by atoms with Crippen molar-refractivity contribution in [3.63, 3.8) is 0 Å². The average Bonchev–Trinajstić information content (AvgIpc) is 3.63. The van der Waals surface area contributed by atoms with E-state index in [1.165, 1.54) is 33.4 Å². The molecule has 5 heteroatoms. The summed E-state index contributed by atoms with van der Waals surface area (Å²) in [6, 6.07) is 25.5. The summed E-state index contributed by atoms with van der Waals surface area (Å²) in [6.45, 7) is 1.61. The Labute approximate surface area is 211 Å². The molecule has 1 amide bonds. The van der Waals surface area contributed by atoms with Crippen LogP contribution in [0.5, 0.6) is 0 Å². The van der Waals surface area contributed by atoms with Crippen LogP contribution in [-0.4, -0.2) is 42.9 Å². The van der Waals surface area contributed by atoms with Crippen molar-refractivity contribution in [1.29, 1.82) is 0 Å². The van der Waals surface area contributed by atoms with Gasteiger partial charge in [0.2, 0.25) is 0 Å². The summed E-state index contributed by atoms with van der Waals surface area (Å²) < 4.78 is 17.6. The van der Waals surface area contributed by atoms with Gasteiger partial charge in [0.05, 0.1) is 19.3 Å². The molecule has 7 rings (SSSR count). The molecule has 36 heavy (non-hydrogen) atoms. The van der Waals surface area contributed by atoms with E-state index in [1.54, 1.807) is 0 Å². The molecule has 2 unspecified atom stereocenters. The summed E-state index contributed by atoms with van der Waals surface area (Å²) >= 11 is 0. The predicted molar refractivity (Wildman–Crippen MR) is 137 cm³/mol. The first-order chi connectivity index (χ1) is 17.8. The van der Waals surface area contributed by atoms with E-state index < -0.39 is 0 Å². The maximum absolute atomic E-state index is 13.4. The van der Waals surface area contributed by atoms with Gasteiger partial charge >= 0.3 is 6.09 Å². The third-order valence-corrected chi connectivity index (χ3v) is 8.12. The molecule has 0 radical (unpaired) electrons. The number of rotatable bonds is 4. The number of amides is 1. The molecule has 0 saturated carbocycles. The van der Waals surface area contributed by atoms with E-state index in [2.05, 4.69) is 72.8 Å². The highest BCUT2D eigenvalue weighted by Gasteiger charge is 2.42. The Kier molecular flexibility index (Phi) is 5.41. The highest BCUT2D eigenvalue weighted by atomic mass is 16.7. The lowest BCUT2D eigenvalue weighted by molar-refractivity contribution is -0.0443. The molecule has 182 valence electrons. The molecule has 2 saturated heterocycles. The van der Waals surface area contributed by atoms with E-state index in [9.17, 15) is 4.79 Å². The average molecular weight is 480 g/mol. The molecule has 0 N–H and O–H groups in total. The number of nitrogens with zero attached hydrogens (tertiary/aromatic N) is 1. The Morgan fingerprint density at radius 3 is 2.08 bits per heavy atom. The Morgan fingerprint density at radius 1 is 0.806 bits per heavy atom. The Balaban J connectivity index is 1.10. The smallest absolute Gasteiger partial charge is 0.410 e. The van der Waals surface area contributed by atoms with E-state index in [0.29, 0.717) is 19.8 Å². The molecule has 0 spiro atoms. The molecule has 2 bridgehead atoms. The minimum absolute atomic E-state index is 0.0628. The van der Waals surface area contributed by atoms with Crippen molar-refractivity contribution >= 4 is 11.7 Å². The zero-order valence-corrected chi connectivity index (χ0v) is 20.1. The quantitative estimate of drug-likeness (QED) is 0.441. The van der Waals surface area contributed by atoms with E-state index >= 15 is 0 Å². The van der Waals surface area contributed by atoms with E-state index in [0.717, 1.165) is 24.8 Å². The summed E-state index contributed by atoms with van der Waals surface area (Å²) in [4.78, 5) is 15.4. The normalized spacial score (nSPS) is 22.9. The number of carbonyl (C=O) groups is 1. The van der Waals surface area contributed by atoms with Crippen LogP contribution in [0.2, 0.25) is 0 Å². The van der Waals surface area contributed by atoms with Crippen LogP contribution in [0.25, 0.3) is 16.7 Å². The van der Waals surface area contributed by atoms with Crippen LogP contribution in [0.4, 0.5) is 4.79 Å². The maximum atomic E-state index is 13.4. The zero-order valence-electron chi connectivity index (χ0n) is 20.1. The zero-order chi connectivity index (χ0) is 24.1. The van der Waals surface area contributed by atoms with Crippen molar-refractivity contribution in [2.24, 2.45) is 0 Å². The molecule has 2 fully saturated rings. The predicted octanol–water partition coefficient (Wildman–Crippen LogP) is 6.30. The Hall–Kier alpha value is -3.41. The third-order valence-electron chi connectivity index (χ3n) is 8.12. The van der Waals surface area contributed by atoms with Crippen LogP contribution in [0.3, 0.4) is 0 Å². The second-order valence-electron chi connectivity index (χ2n) is 10.1. The molecular weight excluding hydrogens is 450 g/mol. The summed E-state index contributed by atoms with van der Waals surface area (Å²) in [5.41, 5.74) is 8.50. The van der Waals surface area contributed by atoms with Crippen LogP contribution in [0, 0.1) is 0 Å². The monoisotopic (exact) mass is 479 g/mol. The minimum Gasteiger partial charge on any atom is -0.448 e. The van der Waals surface area contributed by atoms with Gasteiger partial charge in [-0.2, -0.15) is 0 Å². The Bertz CT molecular complexity index is 1300. The molecule has 0 aromatic heterocycles. The summed E-state index contributed by atoms with van der Waals surface area (Å²) in [5, 5.41) is 0. The van der Waals surface area contributed by atoms with Gasteiger partial charge in [0, 0.05) is 17.5 Å². The van der Waals surface area contributed by atoms with Gasteiger partial charge in [0.1, 0.15) is 6.61 Å². The summed E-state index contributed by atoms with van der Waals surface area (Å²) in [5.74, 6) is 0.0770. The fourth-order valence-corrected chi connectivity index (χ4v) is 6.52. The van der Waals surface area contributed by atoms with Gasteiger partial charge in [-0.1, -0.05) is 78.9 Å². The van der Waals surface area contributed by atoms with Gasteiger partial charge in [0.15, 0.2) is 6.29 Å². The van der Waals surface area contributed by atoms with Crippen molar-refractivity contribution in [3.05, 3.63) is 101 Å². The first kappa shape index (κ1) is 21.8. The van der Waals surface area contributed by atoms with Crippen LogP contribution in [0.15, 0.2) is 78.9 Å². The molecule has 1 aliphatic carbocycles. The van der Waals surface area contributed by atoms with Gasteiger partial charge in [-0.25, -0.2) is 4.79 Å². The van der Waals surface area contributed by atoms with Crippen molar-refractivity contribution in [3.8, 4) is 11.1 Å². The van der Waals surface area contributed by atoms with Gasteiger partial charge in [0.25, 0.3) is 0 Å². The number of benzene rings is 3. The van der Waals surface area contributed by atoms with Crippen molar-refractivity contribution in [2.45, 2.75) is 43.6 Å². The third kappa shape index (κ3) is 3.57. The second-order valence-corrected chi connectivity index (χ2v) is 10.1. The molecule has 3 aliphatic heterocycles. The molecule has 4 aliphatic rings. The van der Waals surface area contributed by atoms with Gasteiger partial charge in [-0.05, 0) is 52.7 Å². The lowest BCUT2D eigenvalue weighted by Crippen LogP contribution is -2.43. The van der Waals surface area contributed by atoms with Gasteiger partial charge in [-0.3, -0.25) is 4.90 Å². The molecule has 2 atom stereocenters. The number of carbonyl (C=O) groups excluding carboxylic acids is 1. The summed E-state index contributed by atoms with van der Waals surface area (Å²) in [7, 11) is 0. The second kappa shape index (κ2) is 8.91. The lowest BCUT2D eigenvalue weighted by atomic mass is 9.91. The lowest BCUT2D eigenvalue weighted by Gasteiger charge is -2.34. The van der Waals surface area contributed by atoms with Crippen molar-refractivity contribution in [2.75, 3.05) is 19.8 Å². The molecule has 5 nitrogen and oxygen atoms in total. The van der Waals surface area contributed by atoms with Crippen LogP contribution >= 0.6 is 0 Å². The number of hydrogen-bond donors (Lipinski definition) is 0. The molecule has 3 aromatic rings. The van der Waals surface area contributed by atoms with Crippen LogP contribution < -0.4 is 0 Å². The van der Waals surface area contributed by atoms with E-state index in [1.807, 2.05) is 11.0 Å². The fraction of sp³-hybridized carbons (Fsp3) is 0.323. The van der Waals surface area contributed by atoms with Crippen LogP contribution in [0.1, 0.15) is 53.7 Å². The van der Waals surface area contributed by atoms with Crippen LogP contribution in [-0.2, 0) is 14.2 Å². The van der Waals surface area contributed by atoms with Crippen molar-refractivity contribution < 1.29 is 19.0 Å². The number of hydrogen-bond acceptors (Lipinski definition) is 4. The Morgan fingerprint density at radius 2 is 1.42 bits per heavy atom. The SMILES string of the molecule is O=C(OCC1c2ccccc2-c2ccccc21)N1C2C=C(c3ccccc3C3OCCO3)CC1CC2. The van der Waals surface area contributed by atoms with Gasteiger partial charge < -0.3 is 14.2 Å². The van der Waals surface area contributed by atoms with Gasteiger partial charge in [-0.15, -0.1) is 0 Å². The fourth-order valence-electron chi connectivity index (χ4n) is 6.52. The van der Waals surface area contributed by atoms with E-state index in [-0.39, 0.29) is 30.4 Å². The first-order valence-electron chi connectivity index (χ1n) is 12.9. The maximum Gasteiger partial charge on any atom is 0.410 e.